The molecule has 0 aliphatic carbocycles. The molecule has 3 rings (SSSR count). The highest BCUT2D eigenvalue weighted by atomic mass is 32.1. The standard InChI is InChI=1S/C14H14FNOS/c15-13-4-3-10(7-16-11-8-17-9-11)6-12(13)14-2-1-5-18-14/h1-6,11,16H,7-9H2. The van der Waals surface area contributed by atoms with E-state index in [9.17, 15) is 4.39 Å². The number of benzene rings is 1. The molecule has 2 nitrogen and oxygen atoms in total. The highest BCUT2D eigenvalue weighted by molar-refractivity contribution is 7.13. The van der Waals surface area contributed by atoms with Gasteiger partial charge in [0.25, 0.3) is 0 Å². The Kier molecular flexibility index (Phi) is 3.41. The van der Waals surface area contributed by atoms with Gasteiger partial charge in [0.15, 0.2) is 0 Å². The molecule has 1 aromatic heterocycles. The van der Waals surface area contributed by atoms with Crippen molar-refractivity contribution in [2.75, 3.05) is 13.2 Å². The normalized spacial score (nSPS) is 15.6. The fraction of sp³-hybridized carbons (Fsp3) is 0.286. The topological polar surface area (TPSA) is 21.3 Å². The van der Waals surface area contributed by atoms with Crippen molar-refractivity contribution >= 4 is 11.3 Å². The van der Waals surface area contributed by atoms with Crippen LogP contribution in [0, 0.1) is 5.82 Å². The zero-order valence-corrected chi connectivity index (χ0v) is 10.7. The van der Waals surface area contributed by atoms with Crippen LogP contribution in [0.3, 0.4) is 0 Å². The van der Waals surface area contributed by atoms with E-state index in [2.05, 4.69) is 5.32 Å². The molecule has 18 heavy (non-hydrogen) atoms. The van der Waals surface area contributed by atoms with Gasteiger partial charge in [0.2, 0.25) is 0 Å². The summed E-state index contributed by atoms with van der Waals surface area (Å²) in [7, 11) is 0. The predicted octanol–water partition coefficient (Wildman–Crippen LogP) is 3.04. The minimum atomic E-state index is -0.159. The molecule has 0 amide bonds. The van der Waals surface area contributed by atoms with Crippen LogP contribution in [0.25, 0.3) is 10.4 Å². The molecule has 0 radical (unpaired) electrons. The van der Waals surface area contributed by atoms with Crippen molar-refractivity contribution in [2.24, 2.45) is 0 Å². The quantitative estimate of drug-likeness (QED) is 0.915. The van der Waals surface area contributed by atoms with Crippen LogP contribution < -0.4 is 5.32 Å². The van der Waals surface area contributed by atoms with E-state index in [0.717, 1.165) is 30.2 Å². The van der Waals surface area contributed by atoms with E-state index in [4.69, 9.17) is 4.74 Å². The lowest BCUT2D eigenvalue weighted by Gasteiger charge is -2.27. The van der Waals surface area contributed by atoms with E-state index in [0.29, 0.717) is 11.6 Å². The van der Waals surface area contributed by atoms with Crippen LogP contribution in [-0.2, 0) is 11.3 Å². The number of hydrogen-bond donors (Lipinski definition) is 1. The Morgan fingerprint density at radius 2 is 2.22 bits per heavy atom. The lowest BCUT2D eigenvalue weighted by atomic mass is 10.1. The van der Waals surface area contributed by atoms with Crippen molar-refractivity contribution in [1.82, 2.24) is 5.32 Å². The molecular formula is C14H14FNOS. The zero-order valence-electron chi connectivity index (χ0n) is 9.86. The maximum absolute atomic E-state index is 13.8. The molecule has 4 heteroatoms. The minimum Gasteiger partial charge on any atom is -0.378 e. The summed E-state index contributed by atoms with van der Waals surface area (Å²) in [6.07, 6.45) is 0. The average Bonchev–Trinajstić information content (AvgIpc) is 2.82. The molecule has 0 saturated carbocycles. The van der Waals surface area contributed by atoms with Crippen molar-refractivity contribution in [1.29, 1.82) is 0 Å². The van der Waals surface area contributed by atoms with Gasteiger partial charge in [-0.2, -0.15) is 0 Å². The Labute approximate surface area is 109 Å². The third-order valence-corrected chi connectivity index (χ3v) is 3.95. The number of nitrogens with one attached hydrogen (secondary N) is 1. The molecule has 1 aromatic carbocycles. The molecule has 2 aromatic rings. The molecule has 0 bridgehead atoms. The predicted molar refractivity (Wildman–Crippen MR) is 71.2 cm³/mol. The molecule has 0 atom stereocenters. The number of thiophene rings is 1. The molecule has 1 aliphatic heterocycles. The first-order valence-electron chi connectivity index (χ1n) is 5.96. The molecule has 0 spiro atoms. The van der Waals surface area contributed by atoms with Gasteiger partial charge < -0.3 is 10.1 Å². The van der Waals surface area contributed by atoms with Crippen molar-refractivity contribution in [3.05, 3.63) is 47.1 Å². The molecular weight excluding hydrogens is 249 g/mol. The summed E-state index contributed by atoms with van der Waals surface area (Å²) >= 11 is 1.56. The first-order valence-corrected chi connectivity index (χ1v) is 6.84. The summed E-state index contributed by atoms with van der Waals surface area (Å²) in [5, 5.41) is 5.35. The minimum absolute atomic E-state index is 0.159. The Bertz CT molecular complexity index is 523. The fourth-order valence-electron chi connectivity index (χ4n) is 1.92. The smallest absolute Gasteiger partial charge is 0.131 e. The molecule has 0 unspecified atom stereocenters. The zero-order chi connectivity index (χ0) is 12.4. The number of hydrogen-bond acceptors (Lipinski definition) is 3. The number of ether oxygens (including phenoxy) is 1. The highest BCUT2D eigenvalue weighted by Gasteiger charge is 2.17. The molecule has 1 aliphatic rings. The van der Waals surface area contributed by atoms with Gasteiger partial charge in [-0.05, 0) is 29.1 Å². The van der Waals surface area contributed by atoms with Gasteiger partial charge in [-0.25, -0.2) is 4.39 Å². The Morgan fingerprint density at radius 1 is 1.33 bits per heavy atom. The van der Waals surface area contributed by atoms with Gasteiger partial charge in [-0.3, -0.25) is 0 Å². The Balaban J connectivity index is 1.77. The second-order valence-corrected chi connectivity index (χ2v) is 5.35. The average molecular weight is 263 g/mol. The third-order valence-electron chi connectivity index (χ3n) is 3.05. The van der Waals surface area contributed by atoms with E-state index in [1.807, 2.05) is 29.6 Å². The maximum Gasteiger partial charge on any atom is 0.131 e. The van der Waals surface area contributed by atoms with Crippen molar-refractivity contribution < 1.29 is 9.13 Å². The lowest BCUT2D eigenvalue weighted by Crippen LogP contribution is -2.45. The summed E-state index contributed by atoms with van der Waals surface area (Å²) in [5.74, 6) is -0.159. The summed E-state index contributed by atoms with van der Waals surface area (Å²) < 4.78 is 18.9. The van der Waals surface area contributed by atoms with E-state index < -0.39 is 0 Å². The SMILES string of the molecule is Fc1ccc(CNC2COC2)cc1-c1cccs1. The van der Waals surface area contributed by atoms with Crippen LogP contribution in [-0.4, -0.2) is 19.3 Å². The highest BCUT2D eigenvalue weighted by Crippen LogP contribution is 2.28. The summed E-state index contributed by atoms with van der Waals surface area (Å²) in [4.78, 5) is 0.973. The molecule has 1 fully saturated rings. The Hall–Kier alpha value is -1.23. The van der Waals surface area contributed by atoms with Crippen molar-refractivity contribution in [2.45, 2.75) is 12.6 Å². The van der Waals surface area contributed by atoms with Crippen LogP contribution in [0.5, 0.6) is 0 Å². The molecule has 1 N–H and O–H groups in total. The van der Waals surface area contributed by atoms with E-state index in [-0.39, 0.29) is 5.82 Å². The summed E-state index contributed by atoms with van der Waals surface area (Å²) in [6.45, 7) is 2.31. The molecule has 94 valence electrons. The molecule has 1 saturated heterocycles. The van der Waals surface area contributed by atoms with Crippen molar-refractivity contribution in [3.8, 4) is 10.4 Å². The van der Waals surface area contributed by atoms with E-state index >= 15 is 0 Å². The maximum atomic E-state index is 13.8. The lowest BCUT2D eigenvalue weighted by molar-refractivity contribution is -0.00578. The van der Waals surface area contributed by atoms with Crippen LogP contribution in [0.15, 0.2) is 35.7 Å². The van der Waals surface area contributed by atoms with Crippen LogP contribution >= 0.6 is 11.3 Å². The van der Waals surface area contributed by atoms with E-state index in [1.165, 1.54) is 0 Å². The number of rotatable bonds is 4. The van der Waals surface area contributed by atoms with Gasteiger partial charge >= 0.3 is 0 Å². The van der Waals surface area contributed by atoms with Gasteiger partial charge in [0.05, 0.1) is 19.3 Å². The van der Waals surface area contributed by atoms with E-state index in [1.54, 1.807) is 17.4 Å². The van der Waals surface area contributed by atoms with Crippen LogP contribution in [0.4, 0.5) is 4.39 Å². The second kappa shape index (κ2) is 5.18. The first-order chi connectivity index (χ1) is 8.83. The largest absolute Gasteiger partial charge is 0.378 e. The van der Waals surface area contributed by atoms with Crippen LogP contribution in [0.1, 0.15) is 5.56 Å². The van der Waals surface area contributed by atoms with Gasteiger partial charge in [0.1, 0.15) is 5.82 Å². The number of halogens is 1. The van der Waals surface area contributed by atoms with Crippen LogP contribution in [0.2, 0.25) is 0 Å². The first kappa shape index (κ1) is 11.8. The second-order valence-electron chi connectivity index (χ2n) is 4.41. The third kappa shape index (κ3) is 2.46. The van der Waals surface area contributed by atoms with Gasteiger partial charge in [-0.1, -0.05) is 12.1 Å². The molecule has 2 heterocycles. The summed E-state index contributed by atoms with van der Waals surface area (Å²) in [5.41, 5.74) is 1.79. The van der Waals surface area contributed by atoms with Gasteiger partial charge in [-0.15, -0.1) is 11.3 Å². The van der Waals surface area contributed by atoms with Crippen molar-refractivity contribution in [3.63, 3.8) is 0 Å². The monoisotopic (exact) mass is 263 g/mol. The van der Waals surface area contributed by atoms with Gasteiger partial charge in [0, 0.05) is 17.0 Å². The summed E-state index contributed by atoms with van der Waals surface area (Å²) in [6, 6.07) is 9.63. The fourth-order valence-corrected chi connectivity index (χ4v) is 2.66. The Morgan fingerprint density at radius 3 is 2.89 bits per heavy atom.